The number of nitrogens with zero attached hydrogens (tertiary/aromatic N) is 1. The van der Waals surface area contributed by atoms with Gasteiger partial charge in [0.15, 0.2) is 6.10 Å². The summed E-state index contributed by atoms with van der Waals surface area (Å²) in [6.45, 7) is 1.98. The predicted octanol–water partition coefficient (Wildman–Crippen LogP) is 2.01. The number of benzene rings is 2. The largest absolute Gasteiger partial charge is 0.478 e. The van der Waals surface area contributed by atoms with Crippen LogP contribution in [0.4, 0.5) is 10.1 Å². The van der Waals surface area contributed by atoms with E-state index in [4.69, 9.17) is 9.84 Å². The molecule has 1 heterocycles. The molecule has 2 N–H and O–H groups in total. The maximum atomic E-state index is 13.7. The Labute approximate surface area is 167 Å². The topological polar surface area (TPSA) is 113 Å². The van der Waals surface area contributed by atoms with E-state index in [1.807, 2.05) is 6.92 Å². The van der Waals surface area contributed by atoms with Crippen LogP contribution in [0.2, 0.25) is 0 Å². The Balaban J connectivity index is 2.04. The zero-order chi connectivity index (χ0) is 21.2. The maximum absolute atomic E-state index is 13.7. The van der Waals surface area contributed by atoms with E-state index in [0.29, 0.717) is 13.0 Å². The number of carbonyl (C=O) groups is 2. The highest BCUT2D eigenvalue weighted by Gasteiger charge is 2.37. The lowest BCUT2D eigenvalue weighted by Crippen LogP contribution is -2.50. The molecule has 0 fully saturated rings. The van der Waals surface area contributed by atoms with Crippen molar-refractivity contribution in [3.05, 3.63) is 53.8 Å². The van der Waals surface area contributed by atoms with Gasteiger partial charge in [0.05, 0.1) is 22.7 Å². The number of rotatable bonds is 6. The van der Waals surface area contributed by atoms with Crippen LogP contribution in [-0.4, -0.2) is 44.6 Å². The second kappa shape index (κ2) is 8.08. The van der Waals surface area contributed by atoms with Gasteiger partial charge >= 0.3 is 5.97 Å². The summed E-state index contributed by atoms with van der Waals surface area (Å²) in [6, 6.07) is 8.82. The molecule has 1 amide bonds. The van der Waals surface area contributed by atoms with Crippen LogP contribution in [0.5, 0.6) is 5.75 Å². The number of hydrogen-bond acceptors (Lipinski definition) is 5. The second-order valence-electron chi connectivity index (χ2n) is 6.35. The molecular formula is C19H19FN2O6S. The molecule has 2 aromatic carbocycles. The lowest BCUT2D eigenvalue weighted by molar-refractivity contribution is -0.127. The highest BCUT2D eigenvalue weighted by Crippen LogP contribution is 2.37. The van der Waals surface area contributed by atoms with E-state index in [0.717, 1.165) is 22.5 Å². The Kier molecular flexibility index (Phi) is 5.73. The number of aromatic carboxylic acids is 1. The molecule has 3 rings (SSSR count). The van der Waals surface area contributed by atoms with Crippen molar-refractivity contribution in [3.8, 4) is 5.75 Å². The first kappa shape index (κ1) is 20.6. The van der Waals surface area contributed by atoms with Crippen molar-refractivity contribution in [3.63, 3.8) is 0 Å². The number of anilines is 1. The lowest BCUT2D eigenvalue weighted by atomic mass is 10.2. The third kappa shape index (κ3) is 4.02. The zero-order valence-corrected chi connectivity index (χ0v) is 16.3. The van der Waals surface area contributed by atoms with E-state index in [2.05, 4.69) is 5.32 Å². The van der Waals surface area contributed by atoms with Crippen LogP contribution in [0.3, 0.4) is 0 Å². The molecule has 29 heavy (non-hydrogen) atoms. The van der Waals surface area contributed by atoms with Crippen LogP contribution in [0.1, 0.15) is 23.7 Å². The van der Waals surface area contributed by atoms with Gasteiger partial charge in [0.1, 0.15) is 11.6 Å². The van der Waals surface area contributed by atoms with Gasteiger partial charge in [0, 0.05) is 6.54 Å². The van der Waals surface area contributed by atoms with Crippen LogP contribution in [0.15, 0.2) is 47.4 Å². The predicted molar refractivity (Wildman–Crippen MR) is 102 cm³/mol. The number of carboxylic acids is 1. The molecule has 0 aromatic heterocycles. The van der Waals surface area contributed by atoms with Gasteiger partial charge in [-0.15, -0.1) is 0 Å². The van der Waals surface area contributed by atoms with Crippen LogP contribution < -0.4 is 14.4 Å². The number of amides is 1. The summed E-state index contributed by atoms with van der Waals surface area (Å²) >= 11 is 0. The molecule has 2 aromatic rings. The summed E-state index contributed by atoms with van der Waals surface area (Å²) in [7, 11) is -4.29. The standard InChI is InChI=1S/C19H19FN2O6S/c1-2-9-21-18(23)17-11-22(15-5-3-4-6-16(15)28-17)29(26,27)12-7-8-14(20)13(10-12)19(24)25/h3-8,10,17H,2,9,11H2,1H3,(H,21,23)(H,24,25)/t17-/m0/s1. The van der Waals surface area contributed by atoms with Gasteiger partial charge in [0.25, 0.3) is 15.9 Å². The first-order valence-electron chi connectivity index (χ1n) is 8.84. The van der Waals surface area contributed by atoms with Gasteiger partial charge in [-0.1, -0.05) is 19.1 Å². The summed E-state index contributed by atoms with van der Waals surface area (Å²) in [4.78, 5) is 23.2. The molecule has 1 atom stereocenters. The SMILES string of the molecule is CCCNC(=O)[C@@H]1CN(S(=O)(=O)c2ccc(F)c(C(=O)O)c2)c2ccccc2O1. The third-order valence-electron chi connectivity index (χ3n) is 4.33. The van der Waals surface area contributed by atoms with Crippen LogP contribution in [-0.2, 0) is 14.8 Å². The number of fused-ring (bicyclic) bond motifs is 1. The third-order valence-corrected chi connectivity index (χ3v) is 6.11. The van der Waals surface area contributed by atoms with Crippen molar-refractivity contribution in [1.82, 2.24) is 5.32 Å². The molecule has 0 radical (unpaired) electrons. The molecule has 0 saturated heterocycles. The highest BCUT2D eigenvalue weighted by atomic mass is 32.2. The fourth-order valence-corrected chi connectivity index (χ4v) is 4.39. The van der Waals surface area contributed by atoms with Crippen molar-refractivity contribution in [2.45, 2.75) is 24.3 Å². The van der Waals surface area contributed by atoms with Gasteiger partial charge in [0.2, 0.25) is 0 Å². The number of ether oxygens (including phenoxy) is 1. The molecule has 0 unspecified atom stereocenters. The summed E-state index contributed by atoms with van der Waals surface area (Å²) in [5.74, 6) is -2.90. The number of hydrogen-bond donors (Lipinski definition) is 2. The minimum Gasteiger partial charge on any atom is -0.478 e. The Hall–Kier alpha value is -3.14. The van der Waals surface area contributed by atoms with Crippen LogP contribution >= 0.6 is 0 Å². The minimum absolute atomic E-state index is 0.194. The van der Waals surface area contributed by atoms with Crippen molar-refractivity contribution in [2.75, 3.05) is 17.4 Å². The molecule has 1 aliphatic rings. The smallest absolute Gasteiger partial charge is 0.338 e. The molecule has 0 spiro atoms. The summed E-state index contributed by atoms with van der Waals surface area (Å²) < 4.78 is 46.8. The molecule has 154 valence electrons. The summed E-state index contributed by atoms with van der Waals surface area (Å²) in [6.07, 6.45) is -0.393. The highest BCUT2D eigenvalue weighted by molar-refractivity contribution is 7.92. The van der Waals surface area contributed by atoms with Gasteiger partial charge in [-0.2, -0.15) is 0 Å². The Morgan fingerprint density at radius 3 is 2.69 bits per heavy atom. The van der Waals surface area contributed by atoms with Gasteiger partial charge in [-0.3, -0.25) is 9.10 Å². The van der Waals surface area contributed by atoms with Crippen LogP contribution in [0, 0.1) is 5.82 Å². The van der Waals surface area contributed by atoms with Gasteiger partial charge < -0.3 is 15.2 Å². The fraction of sp³-hybridized carbons (Fsp3) is 0.263. The van der Waals surface area contributed by atoms with Crippen molar-refractivity contribution < 1.29 is 32.2 Å². The zero-order valence-electron chi connectivity index (χ0n) is 15.5. The molecule has 0 aliphatic carbocycles. The first-order valence-corrected chi connectivity index (χ1v) is 10.3. The summed E-state index contributed by atoms with van der Waals surface area (Å²) in [5.41, 5.74) is -0.557. The number of para-hydroxylation sites is 2. The number of carbonyl (C=O) groups excluding carboxylic acids is 1. The first-order chi connectivity index (χ1) is 13.8. The molecule has 0 saturated carbocycles. The Morgan fingerprint density at radius 2 is 2.00 bits per heavy atom. The number of carboxylic acid groups (broad SMARTS) is 1. The van der Waals surface area contributed by atoms with E-state index >= 15 is 0 Å². The van der Waals surface area contributed by atoms with E-state index < -0.39 is 44.3 Å². The summed E-state index contributed by atoms with van der Waals surface area (Å²) in [5, 5.41) is 11.8. The van der Waals surface area contributed by atoms with E-state index in [9.17, 15) is 22.4 Å². The van der Waals surface area contributed by atoms with E-state index in [-0.39, 0.29) is 18.0 Å². The lowest BCUT2D eigenvalue weighted by Gasteiger charge is -2.34. The second-order valence-corrected chi connectivity index (χ2v) is 8.21. The fourth-order valence-electron chi connectivity index (χ4n) is 2.88. The van der Waals surface area contributed by atoms with E-state index in [1.165, 1.54) is 12.1 Å². The molecular weight excluding hydrogens is 403 g/mol. The molecule has 8 nitrogen and oxygen atoms in total. The van der Waals surface area contributed by atoms with Crippen LogP contribution in [0.25, 0.3) is 0 Å². The van der Waals surface area contributed by atoms with Gasteiger partial charge in [-0.25, -0.2) is 17.6 Å². The van der Waals surface area contributed by atoms with Crippen molar-refractivity contribution >= 4 is 27.6 Å². The molecule has 1 aliphatic heterocycles. The van der Waals surface area contributed by atoms with Crippen molar-refractivity contribution in [1.29, 1.82) is 0 Å². The molecule has 10 heteroatoms. The average molecular weight is 422 g/mol. The quantitative estimate of drug-likeness (QED) is 0.736. The van der Waals surface area contributed by atoms with Gasteiger partial charge in [-0.05, 0) is 36.8 Å². The number of sulfonamides is 1. The Bertz CT molecular complexity index is 1060. The Morgan fingerprint density at radius 1 is 1.28 bits per heavy atom. The van der Waals surface area contributed by atoms with Crippen molar-refractivity contribution in [2.24, 2.45) is 0 Å². The average Bonchev–Trinajstić information content (AvgIpc) is 2.71. The number of nitrogens with one attached hydrogen (secondary N) is 1. The number of halogens is 1. The maximum Gasteiger partial charge on any atom is 0.338 e. The normalized spacial score (nSPS) is 15.9. The minimum atomic E-state index is -4.29. The monoisotopic (exact) mass is 422 g/mol. The molecule has 0 bridgehead atoms. The van der Waals surface area contributed by atoms with E-state index in [1.54, 1.807) is 12.1 Å².